The van der Waals surface area contributed by atoms with Crippen molar-refractivity contribution < 1.29 is 5.11 Å². The van der Waals surface area contributed by atoms with Crippen molar-refractivity contribution in [1.29, 1.82) is 0 Å². The Labute approximate surface area is 162 Å². The van der Waals surface area contributed by atoms with Gasteiger partial charge in [-0.05, 0) is 56.1 Å². The number of benzene rings is 2. The first kappa shape index (κ1) is 19.2. The van der Waals surface area contributed by atoms with Gasteiger partial charge in [0, 0.05) is 23.9 Å². The average Bonchev–Trinajstić information content (AvgIpc) is 2.61. The second kappa shape index (κ2) is 8.39. The van der Waals surface area contributed by atoms with Crippen LogP contribution in [0.2, 0.25) is 5.02 Å². The Bertz CT molecular complexity index is 756. The zero-order chi connectivity index (χ0) is 18.6. The molecule has 1 N–H and O–H groups in total. The summed E-state index contributed by atoms with van der Waals surface area (Å²) in [6.07, 6.45) is 5.82. The highest BCUT2D eigenvalue weighted by Gasteiger charge is 2.42. The van der Waals surface area contributed by atoms with Crippen molar-refractivity contribution in [3.63, 3.8) is 0 Å². The van der Waals surface area contributed by atoms with E-state index >= 15 is 0 Å². The van der Waals surface area contributed by atoms with Crippen molar-refractivity contribution in [2.45, 2.75) is 31.3 Å². The van der Waals surface area contributed by atoms with Crippen LogP contribution in [0.15, 0.2) is 60.2 Å². The largest absolute Gasteiger partial charge is 0.385 e. The highest BCUT2D eigenvalue weighted by Crippen LogP contribution is 2.42. The number of aliphatic hydroxyl groups is 1. The molecular formula is C23H28ClNO. The van der Waals surface area contributed by atoms with Crippen LogP contribution in [0.5, 0.6) is 0 Å². The maximum absolute atomic E-state index is 11.9. The fraction of sp³-hybridized carbons (Fsp3) is 0.391. The Morgan fingerprint density at radius 1 is 1.12 bits per heavy atom. The Morgan fingerprint density at radius 3 is 2.50 bits per heavy atom. The van der Waals surface area contributed by atoms with E-state index in [4.69, 9.17) is 11.6 Å². The van der Waals surface area contributed by atoms with E-state index in [0.717, 1.165) is 42.0 Å². The molecule has 138 valence electrons. The van der Waals surface area contributed by atoms with Crippen molar-refractivity contribution >= 4 is 17.7 Å². The van der Waals surface area contributed by atoms with Crippen LogP contribution in [0.3, 0.4) is 0 Å². The molecule has 2 unspecified atom stereocenters. The van der Waals surface area contributed by atoms with Crippen LogP contribution >= 0.6 is 11.6 Å². The fourth-order valence-corrected chi connectivity index (χ4v) is 4.27. The standard InChI is InChI=1S/C23H28ClNO/c1-25(2)17-21-13-8-12-20(15-19-11-6-7-14-22(19)24)23(21,26)16-18-9-4-3-5-10-18/h3-7,9-11,14-15,21,26H,8,12-13,16-17H2,1-2H3. The lowest BCUT2D eigenvalue weighted by molar-refractivity contribution is -0.0123. The summed E-state index contributed by atoms with van der Waals surface area (Å²) >= 11 is 6.38. The van der Waals surface area contributed by atoms with E-state index in [1.165, 1.54) is 5.56 Å². The quantitative estimate of drug-likeness (QED) is 0.796. The molecule has 3 heteroatoms. The van der Waals surface area contributed by atoms with Gasteiger partial charge in [0.15, 0.2) is 0 Å². The minimum atomic E-state index is -0.844. The molecule has 0 bridgehead atoms. The molecule has 1 saturated carbocycles. The van der Waals surface area contributed by atoms with Crippen LogP contribution in [0.1, 0.15) is 30.4 Å². The lowest BCUT2D eigenvalue weighted by Crippen LogP contribution is -2.48. The van der Waals surface area contributed by atoms with E-state index in [0.29, 0.717) is 6.42 Å². The zero-order valence-corrected chi connectivity index (χ0v) is 16.4. The number of halogens is 1. The molecule has 0 heterocycles. The third-order valence-corrected chi connectivity index (χ3v) is 5.71. The van der Waals surface area contributed by atoms with Gasteiger partial charge in [-0.15, -0.1) is 0 Å². The second-order valence-corrected chi connectivity index (χ2v) is 8.04. The average molecular weight is 370 g/mol. The van der Waals surface area contributed by atoms with E-state index in [1.807, 2.05) is 42.5 Å². The SMILES string of the molecule is CN(C)CC1CCCC(=Cc2ccccc2Cl)C1(O)Cc1ccccc1. The lowest BCUT2D eigenvalue weighted by atomic mass is 9.68. The van der Waals surface area contributed by atoms with Gasteiger partial charge in [0.25, 0.3) is 0 Å². The van der Waals surface area contributed by atoms with Gasteiger partial charge in [0.05, 0.1) is 5.60 Å². The van der Waals surface area contributed by atoms with E-state index in [1.54, 1.807) is 0 Å². The van der Waals surface area contributed by atoms with Crippen LogP contribution in [0, 0.1) is 5.92 Å². The van der Waals surface area contributed by atoms with Gasteiger partial charge in [-0.25, -0.2) is 0 Å². The zero-order valence-electron chi connectivity index (χ0n) is 15.7. The van der Waals surface area contributed by atoms with Crippen LogP contribution in [-0.2, 0) is 6.42 Å². The fourth-order valence-electron chi connectivity index (χ4n) is 4.08. The summed E-state index contributed by atoms with van der Waals surface area (Å²) in [5, 5.41) is 12.6. The van der Waals surface area contributed by atoms with E-state index < -0.39 is 5.60 Å². The van der Waals surface area contributed by atoms with Crippen LogP contribution in [0.4, 0.5) is 0 Å². The number of hydrogen-bond acceptors (Lipinski definition) is 2. The first-order chi connectivity index (χ1) is 12.5. The normalized spacial score (nSPS) is 25.0. The minimum Gasteiger partial charge on any atom is -0.385 e. The second-order valence-electron chi connectivity index (χ2n) is 7.63. The molecule has 2 aromatic rings. The molecule has 0 aliphatic heterocycles. The predicted octanol–water partition coefficient (Wildman–Crippen LogP) is 5.06. The minimum absolute atomic E-state index is 0.209. The van der Waals surface area contributed by atoms with E-state index in [2.05, 4.69) is 37.2 Å². The maximum Gasteiger partial charge on any atom is 0.0940 e. The van der Waals surface area contributed by atoms with Gasteiger partial charge in [-0.1, -0.05) is 66.2 Å². The molecule has 0 spiro atoms. The summed E-state index contributed by atoms with van der Waals surface area (Å²) in [4.78, 5) is 2.18. The molecule has 2 atom stereocenters. The van der Waals surface area contributed by atoms with E-state index in [-0.39, 0.29) is 5.92 Å². The summed E-state index contributed by atoms with van der Waals surface area (Å²) < 4.78 is 0. The Kier molecular flexibility index (Phi) is 6.18. The molecule has 0 radical (unpaired) electrons. The van der Waals surface area contributed by atoms with Crippen LogP contribution < -0.4 is 0 Å². The molecule has 0 aromatic heterocycles. The summed E-state index contributed by atoms with van der Waals surface area (Å²) in [5.74, 6) is 0.209. The Balaban J connectivity index is 2.01. The lowest BCUT2D eigenvalue weighted by Gasteiger charge is -2.43. The first-order valence-electron chi connectivity index (χ1n) is 9.35. The third-order valence-electron chi connectivity index (χ3n) is 5.37. The summed E-state index contributed by atoms with van der Waals surface area (Å²) in [5.41, 5.74) is 2.42. The summed E-state index contributed by atoms with van der Waals surface area (Å²) in [6.45, 7) is 0.878. The molecule has 26 heavy (non-hydrogen) atoms. The molecule has 0 amide bonds. The highest BCUT2D eigenvalue weighted by molar-refractivity contribution is 6.32. The topological polar surface area (TPSA) is 23.5 Å². The highest BCUT2D eigenvalue weighted by atomic mass is 35.5. The van der Waals surface area contributed by atoms with Gasteiger partial charge in [0.2, 0.25) is 0 Å². The van der Waals surface area contributed by atoms with Crippen LogP contribution in [-0.4, -0.2) is 36.2 Å². The molecular weight excluding hydrogens is 342 g/mol. The number of nitrogens with zero attached hydrogens (tertiary/aromatic N) is 1. The first-order valence-corrected chi connectivity index (χ1v) is 9.73. The maximum atomic E-state index is 11.9. The number of rotatable bonds is 5. The molecule has 3 rings (SSSR count). The number of hydrogen-bond donors (Lipinski definition) is 1. The molecule has 0 saturated heterocycles. The Hall–Kier alpha value is -1.61. The monoisotopic (exact) mass is 369 g/mol. The summed E-state index contributed by atoms with van der Waals surface area (Å²) in [7, 11) is 4.16. The van der Waals surface area contributed by atoms with Gasteiger partial charge < -0.3 is 10.0 Å². The van der Waals surface area contributed by atoms with Gasteiger partial charge in [-0.3, -0.25) is 0 Å². The van der Waals surface area contributed by atoms with Crippen molar-refractivity contribution in [2.24, 2.45) is 5.92 Å². The van der Waals surface area contributed by atoms with Gasteiger partial charge in [0.1, 0.15) is 0 Å². The predicted molar refractivity (Wildman–Crippen MR) is 110 cm³/mol. The third kappa shape index (κ3) is 4.37. The Morgan fingerprint density at radius 2 is 1.81 bits per heavy atom. The van der Waals surface area contributed by atoms with Crippen LogP contribution in [0.25, 0.3) is 6.08 Å². The van der Waals surface area contributed by atoms with Crippen molar-refractivity contribution in [2.75, 3.05) is 20.6 Å². The van der Waals surface area contributed by atoms with Gasteiger partial charge in [-0.2, -0.15) is 0 Å². The van der Waals surface area contributed by atoms with Gasteiger partial charge >= 0.3 is 0 Å². The van der Waals surface area contributed by atoms with E-state index in [9.17, 15) is 5.11 Å². The molecule has 2 aromatic carbocycles. The van der Waals surface area contributed by atoms with Crippen molar-refractivity contribution in [3.05, 3.63) is 76.3 Å². The van der Waals surface area contributed by atoms with Crippen molar-refractivity contribution in [3.8, 4) is 0 Å². The molecule has 1 fully saturated rings. The molecule has 2 nitrogen and oxygen atoms in total. The molecule has 1 aliphatic rings. The smallest absolute Gasteiger partial charge is 0.0940 e. The molecule has 1 aliphatic carbocycles. The summed E-state index contributed by atoms with van der Waals surface area (Å²) in [6, 6.07) is 18.2. The van der Waals surface area contributed by atoms with Crippen molar-refractivity contribution in [1.82, 2.24) is 4.90 Å².